The quantitative estimate of drug-likeness (QED) is 0.427. The lowest BCUT2D eigenvalue weighted by Gasteiger charge is -2.26. The lowest BCUT2D eigenvalue weighted by Crippen LogP contribution is -2.49. The van der Waals surface area contributed by atoms with Crippen molar-refractivity contribution in [1.29, 1.82) is 0 Å². The maximum atomic E-state index is 12.9. The second kappa shape index (κ2) is 5.19. The predicted molar refractivity (Wildman–Crippen MR) is 38.1 cm³/mol. The molecule has 0 bridgehead atoms. The number of hydrogen-bond donors (Lipinski definition) is 0. The molecular formula is C7H6F6O3. The van der Waals surface area contributed by atoms with Gasteiger partial charge in [0.2, 0.25) is 0 Å². The minimum Gasteiger partial charge on any atom is -0.456 e. The number of esters is 1. The van der Waals surface area contributed by atoms with Gasteiger partial charge in [-0.1, -0.05) is 6.58 Å². The number of rotatable bonds is 5. The van der Waals surface area contributed by atoms with Gasteiger partial charge >= 0.3 is 24.6 Å². The summed E-state index contributed by atoms with van der Waals surface area (Å²) in [5.74, 6) is -6.15. The molecule has 0 fully saturated rings. The average Bonchev–Trinajstić information content (AvgIpc) is 2.11. The van der Waals surface area contributed by atoms with Gasteiger partial charge in [-0.05, 0) is 0 Å². The van der Waals surface area contributed by atoms with Gasteiger partial charge in [0.15, 0.2) is 6.61 Å². The first-order chi connectivity index (χ1) is 7.12. The number of alkyl halides is 6. The van der Waals surface area contributed by atoms with Crippen molar-refractivity contribution in [3.05, 3.63) is 12.7 Å². The summed E-state index contributed by atoms with van der Waals surface area (Å²) >= 11 is 0. The third-order valence-corrected chi connectivity index (χ3v) is 1.27. The Kier molecular flexibility index (Phi) is 4.79. The van der Waals surface area contributed by atoms with E-state index in [2.05, 4.69) is 16.1 Å². The minimum atomic E-state index is -5.76. The smallest absolute Gasteiger partial charge is 0.452 e. The van der Waals surface area contributed by atoms with E-state index in [1.807, 2.05) is 0 Å². The molecule has 0 radical (unpaired) electrons. The summed E-state index contributed by atoms with van der Waals surface area (Å²) in [5, 5.41) is 0. The highest BCUT2D eigenvalue weighted by Gasteiger charge is 2.60. The van der Waals surface area contributed by atoms with Gasteiger partial charge in [-0.2, -0.15) is 26.3 Å². The summed E-state index contributed by atoms with van der Waals surface area (Å²) in [5.41, 5.74) is 0. The zero-order valence-corrected chi connectivity index (χ0v) is 7.56. The zero-order chi connectivity index (χ0) is 13.0. The minimum absolute atomic E-state index is 0.444. The van der Waals surface area contributed by atoms with Crippen LogP contribution in [0.4, 0.5) is 26.3 Å². The van der Waals surface area contributed by atoms with Crippen molar-refractivity contribution < 1.29 is 40.6 Å². The highest BCUT2D eigenvalue weighted by molar-refractivity contribution is 5.81. The number of carbonyl (C=O) groups is 1. The van der Waals surface area contributed by atoms with E-state index < -0.39 is 31.2 Å². The molecular weight excluding hydrogens is 246 g/mol. The normalized spacial score (nSPS) is 15.7. The van der Waals surface area contributed by atoms with Crippen molar-refractivity contribution in [1.82, 2.24) is 0 Å². The van der Waals surface area contributed by atoms with E-state index in [0.29, 0.717) is 6.08 Å². The Morgan fingerprint density at radius 1 is 1.31 bits per heavy atom. The van der Waals surface area contributed by atoms with Crippen LogP contribution in [0, 0.1) is 0 Å². The van der Waals surface area contributed by atoms with Gasteiger partial charge in [-0.3, -0.25) is 4.74 Å². The van der Waals surface area contributed by atoms with Gasteiger partial charge < -0.3 is 4.74 Å². The molecule has 1 unspecified atom stereocenters. The Labute approximate surface area is 85.6 Å². The Morgan fingerprint density at radius 2 is 1.81 bits per heavy atom. The average molecular weight is 252 g/mol. The van der Waals surface area contributed by atoms with Crippen LogP contribution < -0.4 is 0 Å². The molecule has 0 aliphatic rings. The van der Waals surface area contributed by atoms with E-state index >= 15 is 0 Å². The van der Waals surface area contributed by atoms with Crippen molar-refractivity contribution in [2.24, 2.45) is 0 Å². The van der Waals surface area contributed by atoms with Crippen molar-refractivity contribution in [3.63, 3.8) is 0 Å². The van der Waals surface area contributed by atoms with Gasteiger partial charge in [-0.25, -0.2) is 4.79 Å². The molecule has 0 aromatic carbocycles. The van der Waals surface area contributed by atoms with Gasteiger partial charge in [0.05, 0.1) is 0 Å². The van der Waals surface area contributed by atoms with Crippen LogP contribution >= 0.6 is 0 Å². The van der Waals surface area contributed by atoms with E-state index in [-0.39, 0.29) is 0 Å². The summed E-state index contributed by atoms with van der Waals surface area (Å²) in [7, 11) is 0. The molecule has 3 nitrogen and oxygen atoms in total. The first-order valence-electron chi connectivity index (χ1n) is 3.63. The van der Waals surface area contributed by atoms with Gasteiger partial charge in [0.25, 0.3) is 0 Å². The summed E-state index contributed by atoms with van der Waals surface area (Å²) in [6.07, 6.45) is -5.32. The molecule has 0 aliphatic carbocycles. The van der Waals surface area contributed by atoms with E-state index in [0.717, 1.165) is 0 Å². The Hall–Kier alpha value is -1.25. The van der Waals surface area contributed by atoms with E-state index in [4.69, 9.17) is 0 Å². The van der Waals surface area contributed by atoms with Crippen LogP contribution in [0.1, 0.15) is 0 Å². The van der Waals surface area contributed by atoms with E-state index in [1.165, 1.54) is 0 Å². The lowest BCUT2D eigenvalue weighted by atomic mass is 10.3. The van der Waals surface area contributed by atoms with Gasteiger partial charge in [0.1, 0.15) is 0 Å². The standard InChI is InChI=1S/C7H6F6O3/c1-2-4(14)15-3-6(10,7(11,12)13)16-5(8)9/h2,5H,1,3H2. The number of hydrogen-bond acceptors (Lipinski definition) is 3. The van der Waals surface area contributed by atoms with Crippen LogP contribution in [0.25, 0.3) is 0 Å². The fourth-order valence-corrected chi connectivity index (χ4v) is 0.547. The summed E-state index contributed by atoms with van der Waals surface area (Å²) in [6.45, 7) is -3.22. The van der Waals surface area contributed by atoms with Gasteiger partial charge in [-0.15, -0.1) is 0 Å². The Balaban J connectivity index is 4.67. The van der Waals surface area contributed by atoms with Crippen molar-refractivity contribution >= 4 is 5.97 Å². The third kappa shape index (κ3) is 4.09. The first kappa shape index (κ1) is 14.8. The summed E-state index contributed by atoms with van der Waals surface area (Å²) < 4.78 is 78.3. The highest BCUT2D eigenvalue weighted by atomic mass is 19.4. The van der Waals surface area contributed by atoms with E-state index in [9.17, 15) is 31.1 Å². The lowest BCUT2D eigenvalue weighted by molar-refractivity contribution is -0.383. The second-order valence-electron chi connectivity index (χ2n) is 2.42. The third-order valence-electron chi connectivity index (χ3n) is 1.27. The summed E-state index contributed by atoms with van der Waals surface area (Å²) in [6, 6.07) is 0. The maximum Gasteiger partial charge on any atom is 0.452 e. The van der Waals surface area contributed by atoms with Crippen molar-refractivity contribution in [3.8, 4) is 0 Å². The molecule has 0 aromatic heterocycles. The molecule has 9 heteroatoms. The molecule has 0 saturated heterocycles. The molecule has 0 aliphatic heterocycles. The zero-order valence-electron chi connectivity index (χ0n) is 7.56. The largest absolute Gasteiger partial charge is 0.456 e. The van der Waals surface area contributed by atoms with Gasteiger partial charge in [0, 0.05) is 6.08 Å². The molecule has 16 heavy (non-hydrogen) atoms. The van der Waals surface area contributed by atoms with Crippen LogP contribution in [-0.4, -0.2) is 31.2 Å². The van der Waals surface area contributed by atoms with Crippen LogP contribution in [0.2, 0.25) is 0 Å². The van der Waals surface area contributed by atoms with Crippen molar-refractivity contribution in [2.45, 2.75) is 18.6 Å². The summed E-state index contributed by atoms with van der Waals surface area (Å²) in [4.78, 5) is 10.4. The fourth-order valence-electron chi connectivity index (χ4n) is 0.547. The highest BCUT2D eigenvalue weighted by Crippen LogP contribution is 2.36. The Bertz CT molecular complexity index is 263. The Morgan fingerprint density at radius 3 is 2.12 bits per heavy atom. The van der Waals surface area contributed by atoms with Crippen LogP contribution in [-0.2, 0) is 14.3 Å². The molecule has 0 amide bonds. The molecule has 94 valence electrons. The van der Waals surface area contributed by atoms with Crippen LogP contribution in [0.3, 0.4) is 0 Å². The monoisotopic (exact) mass is 252 g/mol. The first-order valence-corrected chi connectivity index (χ1v) is 3.63. The molecule has 0 rings (SSSR count). The SMILES string of the molecule is C=CC(=O)OCC(F)(OC(F)F)C(F)(F)F. The molecule has 0 saturated carbocycles. The van der Waals surface area contributed by atoms with E-state index in [1.54, 1.807) is 0 Å². The number of ether oxygens (including phenoxy) is 2. The van der Waals surface area contributed by atoms with Crippen LogP contribution in [0.15, 0.2) is 12.7 Å². The van der Waals surface area contributed by atoms with Crippen LogP contribution in [0.5, 0.6) is 0 Å². The second-order valence-corrected chi connectivity index (χ2v) is 2.42. The topological polar surface area (TPSA) is 35.5 Å². The number of carbonyl (C=O) groups excluding carboxylic acids is 1. The molecule has 0 spiro atoms. The predicted octanol–water partition coefficient (Wildman–Crippen LogP) is 2.18. The fraction of sp³-hybridized carbons (Fsp3) is 0.571. The molecule has 0 aromatic rings. The number of halogens is 6. The van der Waals surface area contributed by atoms with Crippen molar-refractivity contribution in [2.75, 3.05) is 6.61 Å². The molecule has 0 N–H and O–H groups in total. The maximum absolute atomic E-state index is 12.9. The molecule has 1 atom stereocenters. The molecule has 0 heterocycles.